The fourth-order valence-electron chi connectivity index (χ4n) is 6.57. The van der Waals surface area contributed by atoms with E-state index in [1.165, 1.54) is 6.92 Å². The van der Waals surface area contributed by atoms with E-state index in [0.29, 0.717) is 12.0 Å². The Morgan fingerprint density at radius 1 is 0.515 bits per heavy atom. The molecule has 66 heavy (non-hydrogen) atoms. The molecule has 1 aromatic carbocycles. The number of benzene rings is 1. The molecule has 0 fully saturated rings. The predicted molar refractivity (Wildman–Crippen MR) is 246 cm³/mol. The van der Waals surface area contributed by atoms with Gasteiger partial charge >= 0.3 is 0 Å². The molecule has 23 heteroatoms. The zero-order chi connectivity index (χ0) is 49.8. The van der Waals surface area contributed by atoms with Crippen LogP contribution in [0.25, 0.3) is 0 Å². The first-order valence-electron chi connectivity index (χ1n) is 22.5. The molecule has 0 saturated heterocycles. The number of likely N-dealkylation sites (N-methyl/N-ethyl adjacent to an activating group) is 1. The van der Waals surface area contributed by atoms with Crippen molar-refractivity contribution in [2.75, 3.05) is 39.3 Å². The van der Waals surface area contributed by atoms with E-state index in [0.717, 1.165) is 0 Å². The summed E-state index contributed by atoms with van der Waals surface area (Å²) in [7, 11) is 0. The van der Waals surface area contributed by atoms with Crippen molar-refractivity contribution < 1.29 is 48.3 Å². The second kappa shape index (κ2) is 32.0. The topological polar surface area (TPSA) is 386 Å². The van der Waals surface area contributed by atoms with Crippen LogP contribution in [-0.2, 0) is 49.6 Å². The van der Waals surface area contributed by atoms with Gasteiger partial charge in [-0.25, -0.2) is 0 Å². The molecule has 0 bridgehead atoms. The van der Waals surface area contributed by atoms with Crippen LogP contribution in [0.15, 0.2) is 30.3 Å². The number of carbonyl (C=O) groups is 9. The lowest BCUT2D eigenvalue weighted by molar-refractivity contribution is -0.136. The van der Waals surface area contributed by atoms with Crippen LogP contribution in [-0.4, -0.2) is 146 Å². The van der Waals surface area contributed by atoms with E-state index in [9.17, 15) is 48.3 Å². The van der Waals surface area contributed by atoms with Crippen LogP contribution < -0.4 is 70.8 Å². The molecule has 0 radical (unpaired) electrons. The van der Waals surface area contributed by atoms with Crippen LogP contribution in [0.2, 0.25) is 0 Å². The third-order valence-electron chi connectivity index (χ3n) is 9.96. The van der Waals surface area contributed by atoms with Crippen molar-refractivity contribution in [1.82, 2.24) is 47.9 Å². The summed E-state index contributed by atoms with van der Waals surface area (Å²) in [5.74, 6) is -6.49. The molecule has 1 aromatic rings. The average Bonchev–Trinajstić information content (AvgIpc) is 3.26. The molecule has 0 spiro atoms. The normalized spacial score (nSPS) is 14.7. The molecular weight excluding hydrogens is 859 g/mol. The van der Waals surface area contributed by atoms with Crippen molar-refractivity contribution in [3.8, 4) is 0 Å². The number of aliphatic hydroxyl groups excluding tert-OH is 1. The van der Waals surface area contributed by atoms with Gasteiger partial charge < -0.3 is 75.9 Å². The number of nitrogens with two attached hydrogens (primary N) is 4. The number of hydrogen-bond acceptors (Lipinski definition) is 14. The average molecular weight is 934 g/mol. The Kier molecular flexibility index (Phi) is 28.3. The van der Waals surface area contributed by atoms with Crippen molar-refractivity contribution in [1.29, 1.82) is 0 Å². The van der Waals surface area contributed by atoms with E-state index in [2.05, 4.69) is 47.9 Å². The van der Waals surface area contributed by atoms with E-state index in [4.69, 9.17) is 22.9 Å². The highest BCUT2D eigenvalue weighted by molar-refractivity contribution is 5.97. The summed E-state index contributed by atoms with van der Waals surface area (Å²) in [6, 6.07) is 0.0247. The number of carbonyl (C=O) groups excluding carboxylic acids is 9. The second-order valence-electron chi connectivity index (χ2n) is 16.2. The number of nitrogens with one attached hydrogen (secondary N) is 9. The summed E-state index contributed by atoms with van der Waals surface area (Å²) >= 11 is 0. The van der Waals surface area contributed by atoms with Gasteiger partial charge in [0.25, 0.3) is 0 Å². The fraction of sp³-hybridized carbons (Fsp3) is 0.651. The molecule has 0 aliphatic carbocycles. The van der Waals surface area contributed by atoms with Crippen molar-refractivity contribution in [3.05, 3.63) is 35.9 Å². The first-order valence-corrected chi connectivity index (χ1v) is 22.5. The third-order valence-corrected chi connectivity index (χ3v) is 9.96. The molecule has 7 unspecified atom stereocenters. The molecule has 23 nitrogen and oxygen atoms in total. The van der Waals surface area contributed by atoms with Gasteiger partial charge in [0.2, 0.25) is 53.2 Å². The molecule has 0 aliphatic rings. The lowest BCUT2D eigenvalue weighted by Gasteiger charge is -2.28. The van der Waals surface area contributed by atoms with Gasteiger partial charge in [-0.2, -0.15) is 0 Å². The van der Waals surface area contributed by atoms with Gasteiger partial charge in [0.1, 0.15) is 42.3 Å². The summed E-state index contributed by atoms with van der Waals surface area (Å²) in [4.78, 5) is 119. The van der Waals surface area contributed by atoms with Crippen LogP contribution in [0.5, 0.6) is 0 Å². The molecule has 0 aliphatic heterocycles. The Morgan fingerprint density at radius 3 is 1.41 bits per heavy atom. The van der Waals surface area contributed by atoms with Gasteiger partial charge in [-0.05, 0) is 90.0 Å². The molecule has 0 heterocycles. The van der Waals surface area contributed by atoms with Gasteiger partial charge in [0.15, 0.2) is 0 Å². The van der Waals surface area contributed by atoms with Crippen molar-refractivity contribution in [2.45, 2.75) is 134 Å². The van der Waals surface area contributed by atoms with Gasteiger partial charge in [0, 0.05) is 19.4 Å². The maximum absolute atomic E-state index is 14.2. The van der Waals surface area contributed by atoms with E-state index in [-0.39, 0.29) is 89.5 Å². The molecule has 372 valence electrons. The van der Waals surface area contributed by atoms with Gasteiger partial charge in [0.05, 0.1) is 12.6 Å². The van der Waals surface area contributed by atoms with Crippen LogP contribution in [0.1, 0.15) is 85.1 Å². The highest BCUT2D eigenvalue weighted by Gasteiger charge is 2.34. The van der Waals surface area contributed by atoms with E-state index < -0.39 is 102 Å². The number of rotatable bonds is 32. The summed E-state index contributed by atoms with van der Waals surface area (Å²) < 4.78 is 0. The second-order valence-corrected chi connectivity index (χ2v) is 16.2. The van der Waals surface area contributed by atoms with Gasteiger partial charge in [-0.1, -0.05) is 51.1 Å². The molecule has 0 saturated carbocycles. The quantitative estimate of drug-likeness (QED) is 0.0324. The minimum Gasteiger partial charge on any atom is -0.391 e. The summed E-state index contributed by atoms with van der Waals surface area (Å²) in [6.07, 6.45) is -0.549. The molecule has 1 rings (SSSR count). The minimum atomic E-state index is -1.33. The molecule has 0 aromatic heterocycles. The predicted octanol–water partition coefficient (Wildman–Crippen LogP) is -4.50. The van der Waals surface area contributed by atoms with Crippen molar-refractivity contribution in [3.63, 3.8) is 0 Å². The van der Waals surface area contributed by atoms with Gasteiger partial charge in [-0.15, -0.1) is 0 Å². The highest BCUT2D eigenvalue weighted by Crippen LogP contribution is 2.10. The van der Waals surface area contributed by atoms with E-state index >= 15 is 0 Å². The summed E-state index contributed by atoms with van der Waals surface area (Å²) in [5.41, 5.74) is 23.6. The Balaban J connectivity index is 3.30. The van der Waals surface area contributed by atoms with Crippen LogP contribution in [0.4, 0.5) is 0 Å². The smallest absolute Gasteiger partial charge is 0.245 e. The molecule has 9 amide bonds. The standard InChI is InChI=1S/C43H75N13O10/c1-6-11-34(58)50-28(14-18-44)37(60)49-24-35(59)51-29(15-19-45)38(61)55-33(23-27-12-9-8-10-13-27)42(65)54-32(22-25(3)4)41(64)53-30(16-20-46)39(62)52-31(17-21-47)40(63)56-36(26(5)57)43(66)48-7-2/h8-10,12-13,25-26,28-33,36,57H,6-7,11,14-24,44-47H2,1-5H3,(H,48,66)(H,49,60)(H,50,58)(H,51,59)(H,52,62)(H,53,64)(H,54,65)(H,55,61)(H,56,63)/t26?,28?,29?,30?,31?,32?,33-,36?/m1/s1. The molecular formula is C43H75N13O10. The number of aliphatic hydroxyl groups is 1. The Hall–Kier alpha value is -5.75. The van der Waals surface area contributed by atoms with Crippen molar-refractivity contribution in [2.24, 2.45) is 28.9 Å². The highest BCUT2D eigenvalue weighted by atomic mass is 16.3. The minimum absolute atomic E-state index is 0.0428. The fourth-order valence-corrected chi connectivity index (χ4v) is 6.57. The molecule has 18 N–H and O–H groups in total. The number of amides is 9. The third kappa shape index (κ3) is 22.0. The van der Waals surface area contributed by atoms with E-state index in [1.807, 2.05) is 6.92 Å². The zero-order valence-corrected chi connectivity index (χ0v) is 38.9. The van der Waals surface area contributed by atoms with Crippen molar-refractivity contribution >= 4 is 53.2 Å². The Morgan fingerprint density at radius 2 is 0.939 bits per heavy atom. The first kappa shape index (κ1) is 58.3. The maximum Gasteiger partial charge on any atom is 0.245 e. The van der Waals surface area contributed by atoms with Crippen LogP contribution >= 0.6 is 0 Å². The van der Waals surface area contributed by atoms with Gasteiger partial charge in [-0.3, -0.25) is 43.2 Å². The zero-order valence-electron chi connectivity index (χ0n) is 38.9. The Bertz CT molecular complexity index is 1720. The first-order chi connectivity index (χ1) is 31.3. The lowest BCUT2D eigenvalue weighted by atomic mass is 10.00. The Labute approximate surface area is 386 Å². The lowest BCUT2D eigenvalue weighted by Crippen LogP contribution is -2.61. The molecule has 8 atom stereocenters. The number of hydrogen-bond donors (Lipinski definition) is 14. The largest absolute Gasteiger partial charge is 0.391 e. The summed E-state index contributed by atoms with van der Waals surface area (Å²) in [5, 5.41) is 33.2. The van der Waals surface area contributed by atoms with Crippen LogP contribution in [0, 0.1) is 5.92 Å². The maximum atomic E-state index is 14.2. The van der Waals surface area contributed by atoms with Crippen LogP contribution in [0.3, 0.4) is 0 Å². The SMILES string of the molecule is CCCC(=O)NC(CCN)C(=O)NCC(=O)NC(CCN)C(=O)N[C@H](Cc1ccccc1)C(=O)NC(CC(C)C)C(=O)NC(CCN)C(=O)NC(CCN)C(=O)NC(C(=O)NCC)C(C)O. The monoisotopic (exact) mass is 934 g/mol. The summed E-state index contributed by atoms with van der Waals surface area (Å²) in [6.45, 7) is 8.01. The van der Waals surface area contributed by atoms with E-state index in [1.54, 1.807) is 51.1 Å².